The van der Waals surface area contributed by atoms with Crippen LogP contribution in [0.5, 0.6) is 5.75 Å². The molecule has 2 heterocycles. The Morgan fingerprint density at radius 1 is 1.21 bits per heavy atom. The minimum absolute atomic E-state index is 0.0730. The molecule has 0 aliphatic rings. The van der Waals surface area contributed by atoms with Gasteiger partial charge in [-0.3, -0.25) is 0 Å². The molecule has 4 aromatic rings. The third kappa shape index (κ3) is 2.62. The summed E-state index contributed by atoms with van der Waals surface area (Å²) in [5.74, 6) is -5.44. The number of ether oxygens (including phenoxy) is 1. The Labute approximate surface area is 159 Å². The van der Waals surface area contributed by atoms with Crippen LogP contribution in [0.15, 0.2) is 18.2 Å². The van der Waals surface area contributed by atoms with Crippen LogP contribution in [0.1, 0.15) is 10.4 Å². The van der Waals surface area contributed by atoms with Crippen molar-refractivity contribution in [3.8, 4) is 5.75 Å². The van der Waals surface area contributed by atoms with Crippen molar-refractivity contribution in [1.29, 1.82) is 0 Å². The highest BCUT2D eigenvalue weighted by molar-refractivity contribution is 7.22. The molecule has 2 aromatic carbocycles. The summed E-state index contributed by atoms with van der Waals surface area (Å²) in [6.07, 6.45) is 0. The number of rotatable bonds is 4. The number of hydrogen-bond acceptors (Lipinski definition) is 6. The van der Waals surface area contributed by atoms with Gasteiger partial charge in [-0.15, -0.1) is 0 Å². The molecule has 0 amide bonds. The van der Waals surface area contributed by atoms with E-state index in [-0.39, 0.29) is 21.3 Å². The lowest BCUT2D eigenvalue weighted by molar-refractivity contribution is 0.0697. The van der Waals surface area contributed by atoms with Gasteiger partial charge in [0.1, 0.15) is 5.52 Å². The summed E-state index contributed by atoms with van der Waals surface area (Å²) in [6.45, 7) is 0. The number of thiazole rings is 1. The van der Waals surface area contributed by atoms with Crippen molar-refractivity contribution in [2.24, 2.45) is 7.05 Å². The molecule has 2 aromatic heterocycles. The molecular formula is C17H11F3N4O3S. The van der Waals surface area contributed by atoms with Gasteiger partial charge >= 0.3 is 5.97 Å². The topological polar surface area (TPSA) is 89.3 Å². The molecule has 0 bridgehead atoms. The molecule has 0 aliphatic heterocycles. The summed E-state index contributed by atoms with van der Waals surface area (Å²) in [4.78, 5) is 19.3. The van der Waals surface area contributed by atoms with Gasteiger partial charge in [0, 0.05) is 7.05 Å². The molecule has 0 atom stereocenters. The number of carboxylic acid groups (broad SMARTS) is 1. The number of methoxy groups -OCH3 is 1. The van der Waals surface area contributed by atoms with E-state index >= 15 is 0 Å². The largest absolute Gasteiger partial charge is 0.491 e. The minimum Gasteiger partial charge on any atom is -0.491 e. The number of anilines is 2. The Balaban J connectivity index is 1.80. The van der Waals surface area contributed by atoms with Gasteiger partial charge in [-0.1, -0.05) is 11.3 Å². The van der Waals surface area contributed by atoms with Crippen LogP contribution in [-0.4, -0.2) is 32.7 Å². The second-order valence-electron chi connectivity index (χ2n) is 5.80. The van der Waals surface area contributed by atoms with Gasteiger partial charge in [-0.2, -0.15) is 4.39 Å². The summed E-state index contributed by atoms with van der Waals surface area (Å²) in [7, 11) is 2.72. The molecule has 0 aliphatic carbocycles. The number of hydrogen-bond donors (Lipinski definition) is 2. The monoisotopic (exact) mass is 408 g/mol. The second kappa shape index (κ2) is 6.37. The number of aromatic nitrogens is 3. The fourth-order valence-electron chi connectivity index (χ4n) is 2.79. The molecule has 0 fully saturated rings. The van der Waals surface area contributed by atoms with E-state index < -0.39 is 34.7 Å². The van der Waals surface area contributed by atoms with E-state index in [1.165, 1.54) is 12.1 Å². The Hall–Kier alpha value is -3.34. The van der Waals surface area contributed by atoms with Crippen LogP contribution in [0.2, 0.25) is 0 Å². The van der Waals surface area contributed by atoms with Crippen molar-refractivity contribution in [1.82, 2.24) is 14.5 Å². The second-order valence-corrected chi connectivity index (χ2v) is 6.80. The summed E-state index contributed by atoms with van der Waals surface area (Å²) >= 11 is 0.766. The van der Waals surface area contributed by atoms with Crippen LogP contribution in [0.3, 0.4) is 0 Å². The van der Waals surface area contributed by atoms with Gasteiger partial charge < -0.3 is 19.7 Å². The maximum absolute atomic E-state index is 14.4. The molecule has 7 nitrogen and oxygen atoms in total. The van der Waals surface area contributed by atoms with Crippen molar-refractivity contribution in [2.45, 2.75) is 0 Å². The van der Waals surface area contributed by atoms with Gasteiger partial charge in [-0.05, 0) is 18.2 Å². The lowest BCUT2D eigenvalue weighted by atomic mass is 10.2. The summed E-state index contributed by atoms with van der Waals surface area (Å²) < 4.78 is 48.4. The predicted octanol–water partition coefficient (Wildman–Crippen LogP) is 4.05. The molecule has 0 spiro atoms. The van der Waals surface area contributed by atoms with Crippen molar-refractivity contribution in [3.05, 3.63) is 41.2 Å². The van der Waals surface area contributed by atoms with Crippen molar-refractivity contribution >= 4 is 49.6 Å². The van der Waals surface area contributed by atoms with Gasteiger partial charge in [0.2, 0.25) is 11.8 Å². The molecule has 0 saturated carbocycles. The number of carbonyl (C=O) groups is 1. The van der Waals surface area contributed by atoms with Gasteiger partial charge in [0.25, 0.3) is 0 Å². The quantitative estimate of drug-likeness (QED) is 0.495. The number of imidazole rings is 1. The SMILES string of the molecule is COc1c(F)c(F)c2nc(Nc3nc4cc(C(=O)O)ccc4n3C)sc2c1F. The average Bonchev–Trinajstić information content (AvgIpc) is 3.22. The maximum atomic E-state index is 14.4. The van der Waals surface area contributed by atoms with Crippen LogP contribution in [-0.2, 0) is 7.05 Å². The zero-order valence-corrected chi connectivity index (χ0v) is 15.2. The fourth-order valence-corrected chi connectivity index (χ4v) is 3.68. The van der Waals surface area contributed by atoms with E-state index in [0.29, 0.717) is 11.0 Å². The lowest BCUT2D eigenvalue weighted by Gasteiger charge is -2.04. The molecule has 0 saturated heterocycles. The molecule has 11 heteroatoms. The molecule has 144 valence electrons. The summed E-state index contributed by atoms with van der Waals surface area (Å²) in [5, 5.41) is 12.0. The Morgan fingerprint density at radius 2 is 1.96 bits per heavy atom. The molecule has 0 radical (unpaired) electrons. The summed E-state index contributed by atoms with van der Waals surface area (Å²) in [6, 6.07) is 4.43. The van der Waals surface area contributed by atoms with Crippen LogP contribution >= 0.6 is 11.3 Å². The maximum Gasteiger partial charge on any atom is 0.335 e. The van der Waals surface area contributed by atoms with E-state index in [1.54, 1.807) is 17.7 Å². The van der Waals surface area contributed by atoms with E-state index in [2.05, 4.69) is 20.0 Å². The Morgan fingerprint density at radius 3 is 2.64 bits per heavy atom. The van der Waals surface area contributed by atoms with Gasteiger partial charge in [-0.25, -0.2) is 23.5 Å². The number of carboxylic acids is 1. The number of fused-ring (bicyclic) bond motifs is 2. The van der Waals surface area contributed by atoms with E-state index in [4.69, 9.17) is 5.11 Å². The third-order valence-electron chi connectivity index (χ3n) is 4.18. The predicted molar refractivity (Wildman–Crippen MR) is 97.0 cm³/mol. The standard InChI is InChI=1S/C17H11F3N4O3S/c1-24-8-4-3-6(15(25)26)5-7(8)21-16(24)23-17-22-12-9(18)10(19)13(27-2)11(20)14(12)28-17/h3-5H,1-2H3,(H,25,26)(H,21,22,23). The van der Waals surface area contributed by atoms with Crippen LogP contribution in [0.4, 0.5) is 24.3 Å². The van der Waals surface area contributed by atoms with Crippen molar-refractivity contribution in [2.75, 3.05) is 12.4 Å². The molecule has 2 N–H and O–H groups in total. The molecule has 4 rings (SSSR count). The van der Waals surface area contributed by atoms with Crippen LogP contribution in [0.25, 0.3) is 21.3 Å². The first-order chi connectivity index (χ1) is 13.3. The third-order valence-corrected chi connectivity index (χ3v) is 5.14. The van der Waals surface area contributed by atoms with E-state index in [0.717, 1.165) is 18.4 Å². The Bertz CT molecular complexity index is 1270. The number of halogens is 3. The number of benzene rings is 2. The highest BCUT2D eigenvalue weighted by atomic mass is 32.1. The normalized spacial score (nSPS) is 11.3. The van der Waals surface area contributed by atoms with Crippen molar-refractivity contribution in [3.63, 3.8) is 0 Å². The minimum atomic E-state index is -1.45. The smallest absolute Gasteiger partial charge is 0.335 e. The highest BCUT2D eigenvalue weighted by Gasteiger charge is 2.25. The Kier molecular flexibility index (Phi) is 4.11. The summed E-state index contributed by atoms with van der Waals surface area (Å²) in [5.41, 5.74) is 0.661. The average molecular weight is 408 g/mol. The van der Waals surface area contributed by atoms with Crippen molar-refractivity contribution < 1.29 is 27.8 Å². The molecule has 0 unspecified atom stereocenters. The number of aromatic carboxylic acids is 1. The number of aryl methyl sites for hydroxylation is 1. The van der Waals surface area contributed by atoms with Gasteiger partial charge in [0.05, 0.1) is 28.4 Å². The van der Waals surface area contributed by atoms with Gasteiger partial charge in [0.15, 0.2) is 22.5 Å². The fraction of sp³-hybridized carbons (Fsp3) is 0.118. The first-order valence-electron chi connectivity index (χ1n) is 7.79. The van der Waals surface area contributed by atoms with E-state index in [1.807, 2.05) is 0 Å². The lowest BCUT2D eigenvalue weighted by Crippen LogP contribution is -1.99. The zero-order chi connectivity index (χ0) is 20.2. The highest BCUT2D eigenvalue weighted by Crippen LogP contribution is 2.38. The first kappa shape index (κ1) is 18.0. The zero-order valence-electron chi connectivity index (χ0n) is 14.4. The molecular weight excluding hydrogens is 397 g/mol. The van der Waals surface area contributed by atoms with Crippen LogP contribution < -0.4 is 10.1 Å². The first-order valence-corrected chi connectivity index (χ1v) is 8.61. The van der Waals surface area contributed by atoms with Crippen LogP contribution in [0, 0.1) is 17.5 Å². The molecule has 28 heavy (non-hydrogen) atoms. The number of nitrogens with zero attached hydrogens (tertiary/aromatic N) is 3. The number of nitrogens with one attached hydrogen (secondary N) is 1. The van der Waals surface area contributed by atoms with E-state index in [9.17, 15) is 18.0 Å².